The molecule has 7 heteroatoms. The second-order valence-electron chi connectivity index (χ2n) is 9.26. The molecule has 1 aliphatic rings. The number of hydrogen-bond donors (Lipinski definition) is 1. The van der Waals surface area contributed by atoms with Gasteiger partial charge in [-0.1, -0.05) is 11.6 Å². The molecule has 0 spiro atoms. The smallest absolute Gasteiger partial charge is 0.303 e. The van der Waals surface area contributed by atoms with Gasteiger partial charge >= 0.3 is 5.97 Å². The number of carbonyl (C=O) groups is 1. The van der Waals surface area contributed by atoms with Crippen molar-refractivity contribution in [1.82, 2.24) is 9.88 Å². The van der Waals surface area contributed by atoms with Crippen LogP contribution >= 0.6 is 22.9 Å². The number of hydrogen-bond acceptors (Lipinski definition) is 5. The molecule has 182 valence electrons. The van der Waals surface area contributed by atoms with Gasteiger partial charge in [-0.3, -0.25) is 9.78 Å². The summed E-state index contributed by atoms with van der Waals surface area (Å²) in [5.41, 5.74) is 2.27. The molecule has 2 aromatic heterocycles. The van der Waals surface area contributed by atoms with E-state index in [1.165, 1.54) is 10.4 Å². The zero-order chi connectivity index (χ0) is 23.9. The number of aryl methyl sites for hydroxylation is 2. The molecule has 4 rings (SSSR count). The number of piperidine rings is 1. The van der Waals surface area contributed by atoms with Gasteiger partial charge in [-0.2, -0.15) is 0 Å². The number of likely N-dealkylation sites (tertiary alicyclic amines) is 1. The van der Waals surface area contributed by atoms with Crippen molar-refractivity contribution < 1.29 is 14.6 Å². The minimum absolute atomic E-state index is 0.219. The van der Waals surface area contributed by atoms with Crippen molar-refractivity contribution in [2.75, 3.05) is 26.7 Å². The van der Waals surface area contributed by atoms with Crippen molar-refractivity contribution in [2.45, 2.75) is 44.9 Å². The second kappa shape index (κ2) is 12.0. The highest BCUT2D eigenvalue weighted by atomic mass is 35.5. The van der Waals surface area contributed by atoms with E-state index in [0.717, 1.165) is 79.1 Å². The van der Waals surface area contributed by atoms with Crippen LogP contribution in [0.25, 0.3) is 10.9 Å². The van der Waals surface area contributed by atoms with Gasteiger partial charge in [0.1, 0.15) is 5.75 Å². The van der Waals surface area contributed by atoms with Crippen molar-refractivity contribution in [3.05, 3.63) is 57.4 Å². The van der Waals surface area contributed by atoms with Crippen LogP contribution in [0, 0.1) is 11.8 Å². The average molecular weight is 501 g/mol. The van der Waals surface area contributed by atoms with E-state index in [1.807, 2.05) is 24.4 Å². The normalized spacial score (nSPS) is 18.9. The van der Waals surface area contributed by atoms with Crippen LogP contribution in [0.5, 0.6) is 5.75 Å². The summed E-state index contributed by atoms with van der Waals surface area (Å²) in [4.78, 5) is 19.8. The Morgan fingerprint density at radius 3 is 2.85 bits per heavy atom. The standard InChI is InChI=1S/C27H33ClN2O3S/c1-33-22-7-9-25-24(17-22)20(11-13-29-25)5-2-4-19-12-15-30(18-21(19)16-27(31)32)14-3-6-23-8-10-26(28)34-23/h7-11,13,17,19,21H,2-6,12,14-16,18H2,1H3,(H,31,32)/t19-,21+/m1/s1. The highest BCUT2D eigenvalue weighted by molar-refractivity contribution is 7.16. The third-order valence-corrected chi connectivity index (χ3v) is 8.29. The molecule has 0 bridgehead atoms. The maximum absolute atomic E-state index is 11.6. The van der Waals surface area contributed by atoms with E-state index in [0.29, 0.717) is 5.92 Å². The first-order chi connectivity index (χ1) is 16.5. The number of aromatic nitrogens is 1. The molecular formula is C27H33ClN2O3S. The van der Waals surface area contributed by atoms with E-state index < -0.39 is 5.97 Å². The van der Waals surface area contributed by atoms with Crippen molar-refractivity contribution in [1.29, 1.82) is 0 Å². The summed E-state index contributed by atoms with van der Waals surface area (Å²) in [5, 5.41) is 10.7. The molecule has 1 N–H and O–H groups in total. The number of nitrogens with zero attached hydrogens (tertiary/aromatic N) is 2. The maximum atomic E-state index is 11.6. The van der Waals surface area contributed by atoms with Crippen molar-refractivity contribution in [2.24, 2.45) is 11.8 Å². The van der Waals surface area contributed by atoms with Crippen LogP contribution in [-0.4, -0.2) is 47.7 Å². The quantitative estimate of drug-likeness (QED) is 0.333. The zero-order valence-electron chi connectivity index (χ0n) is 19.7. The first-order valence-corrected chi connectivity index (χ1v) is 13.3. The fourth-order valence-electron chi connectivity index (χ4n) is 5.24. The van der Waals surface area contributed by atoms with Crippen LogP contribution in [-0.2, 0) is 17.6 Å². The Morgan fingerprint density at radius 1 is 1.21 bits per heavy atom. The molecule has 0 radical (unpaired) electrons. The lowest BCUT2D eigenvalue weighted by Gasteiger charge is -2.38. The van der Waals surface area contributed by atoms with E-state index >= 15 is 0 Å². The number of carboxylic acid groups (broad SMARTS) is 1. The monoisotopic (exact) mass is 500 g/mol. The molecule has 1 saturated heterocycles. The lowest BCUT2D eigenvalue weighted by molar-refractivity contribution is -0.139. The molecule has 5 nitrogen and oxygen atoms in total. The minimum atomic E-state index is -0.683. The van der Waals surface area contributed by atoms with Gasteiger partial charge in [0, 0.05) is 29.4 Å². The maximum Gasteiger partial charge on any atom is 0.303 e. The van der Waals surface area contributed by atoms with Gasteiger partial charge in [-0.05, 0) is 105 Å². The molecule has 0 amide bonds. The van der Waals surface area contributed by atoms with E-state index in [4.69, 9.17) is 16.3 Å². The average Bonchev–Trinajstić information content (AvgIpc) is 3.24. The summed E-state index contributed by atoms with van der Waals surface area (Å²) in [7, 11) is 1.68. The Balaban J connectivity index is 1.31. The van der Waals surface area contributed by atoms with Gasteiger partial charge in [-0.15, -0.1) is 11.3 Å². The Morgan fingerprint density at radius 2 is 2.09 bits per heavy atom. The summed E-state index contributed by atoms with van der Waals surface area (Å²) in [6.45, 7) is 2.96. The Labute approximate surface area is 210 Å². The number of fused-ring (bicyclic) bond motifs is 1. The van der Waals surface area contributed by atoms with E-state index in [1.54, 1.807) is 18.4 Å². The Hall–Kier alpha value is -2.15. The summed E-state index contributed by atoms with van der Waals surface area (Å²) < 4.78 is 6.24. The number of pyridine rings is 1. The molecule has 0 aliphatic carbocycles. The Kier molecular flexibility index (Phi) is 8.81. The minimum Gasteiger partial charge on any atom is -0.497 e. The molecule has 3 aromatic rings. The first-order valence-electron chi connectivity index (χ1n) is 12.1. The Bertz CT molecular complexity index is 1100. The third kappa shape index (κ3) is 6.71. The molecule has 1 aliphatic heterocycles. The fraction of sp³-hybridized carbons (Fsp3) is 0.481. The molecule has 0 saturated carbocycles. The topological polar surface area (TPSA) is 62.7 Å². The molecule has 3 heterocycles. The van der Waals surface area contributed by atoms with Crippen LogP contribution in [0.1, 0.15) is 42.5 Å². The highest BCUT2D eigenvalue weighted by Crippen LogP contribution is 2.32. The molecule has 1 aromatic carbocycles. The van der Waals surface area contributed by atoms with Crippen molar-refractivity contribution in [3.63, 3.8) is 0 Å². The van der Waals surface area contributed by atoms with Gasteiger partial charge in [0.05, 0.1) is 17.0 Å². The predicted molar refractivity (Wildman–Crippen MR) is 139 cm³/mol. The molecule has 2 atom stereocenters. The number of carboxylic acids is 1. The number of aliphatic carboxylic acids is 1. The van der Waals surface area contributed by atoms with Gasteiger partial charge in [-0.25, -0.2) is 0 Å². The number of thiophene rings is 1. The lowest BCUT2D eigenvalue weighted by atomic mass is 9.79. The SMILES string of the molecule is COc1ccc2nccc(CCC[C@@H]3CCN(CCCc4ccc(Cl)s4)C[C@@H]3CC(=O)O)c2c1. The van der Waals surface area contributed by atoms with Crippen LogP contribution in [0.15, 0.2) is 42.6 Å². The van der Waals surface area contributed by atoms with Gasteiger partial charge in [0.25, 0.3) is 0 Å². The number of methoxy groups -OCH3 is 1. The van der Waals surface area contributed by atoms with Crippen LogP contribution in [0.2, 0.25) is 4.34 Å². The number of ether oxygens (including phenoxy) is 1. The zero-order valence-corrected chi connectivity index (χ0v) is 21.3. The molecule has 0 unspecified atom stereocenters. The summed E-state index contributed by atoms with van der Waals surface area (Å²) in [6.07, 6.45) is 8.41. The number of benzene rings is 1. The fourth-order valence-corrected chi connectivity index (χ4v) is 6.37. The lowest BCUT2D eigenvalue weighted by Crippen LogP contribution is -2.41. The number of rotatable bonds is 11. The van der Waals surface area contributed by atoms with Crippen molar-refractivity contribution >= 4 is 39.8 Å². The van der Waals surface area contributed by atoms with E-state index in [9.17, 15) is 9.90 Å². The van der Waals surface area contributed by atoms with Crippen LogP contribution in [0.3, 0.4) is 0 Å². The van der Waals surface area contributed by atoms with Crippen LogP contribution < -0.4 is 4.74 Å². The highest BCUT2D eigenvalue weighted by Gasteiger charge is 2.30. The number of halogens is 1. The molecule has 1 fully saturated rings. The largest absolute Gasteiger partial charge is 0.497 e. The molecule has 34 heavy (non-hydrogen) atoms. The third-order valence-electron chi connectivity index (χ3n) is 7.00. The summed E-state index contributed by atoms with van der Waals surface area (Å²) in [6, 6.07) is 12.2. The van der Waals surface area contributed by atoms with E-state index in [2.05, 4.69) is 28.1 Å². The second-order valence-corrected chi connectivity index (χ2v) is 11.1. The first kappa shape index (κ1) is 25.0. The van der Waals surface area contributed by atoms with E-state index in [-0.39, 0.29) is 12.3 Å². The molecular weight excluding hydrogens is 468 g/mol. The van der Waals surface area contributed by atoms with Gasteiger partial charge in [0.15, 0.2) is 0 Å². The van der Waals surface area contributed by atoms with Gasteiger partial charge < -0.3 is 14.7 Å². The summed E-state index contributed by atoms with van der Waals surface area (Å²) in [5.74, 6) is 0.845. The van der Waals surface area contributed by atoms with Crippen LogP contribution in [0.4, 0.5) is 0 Å². The van der Waals surface area contributed by atoms with Gasteiger partial charge in [0.2, 0.25) is 0 Å². The van der Waals surface area contributed by atoms with Crippen molar-refractivity contribution in [3.8, 4) is 5.75 Å². The predicted octanol–water partition coefficient (Wildman–Crippen LogP) is 6.33. The summed E-state index contributed by atoms with van der Waals surface area (Å²) >= 11 is 7.69.